The van der Waals surface area contributed by atoms with Crippen molar-refractivity contribution in [2.75, 3.05) is 28.8 Å². The van der Waals surface area contributed by atoms with E-state index in [0.717, 1.165) is 0 Å². The first-order valence-corrected chi connectivity index (χ1v) is 7.67. The number of anilines is 2. The number of alkyl halides is 1. The Morgan fingerprint density at radius 2 is 2.05 bits per heavy atom. The summed E-state index contributed by atoms with van der Waals surface area (Å²) in [7, 11) is -2.18. The van der Waals surface area contributed by atoms with Crippen molar-refractivity contribution < 1.29 is 17.9 Å². The highest BCUT2D eigenvalue weighted by atomic mass is 35.5. The number of methoxy groups -OCH3 is 1. The molecule has 2 N–H and O–H groups in total. The highest BCUT2D eigenvalue weighted by Gasteiger charge is 2.10. The zero-order chi connectivity index (χ0) is 14.3. The summed E-state index contributed by atoms with van der Waals surface area (Å²) in [6, 6.07) is 6.31. The second-order valence-electron chi connectivity index (χ2n) is 3.66. The molecule has 106 valence electrons. The van der Waals surface area contributed by atoms with Gasteiger partial charge in [-0.05, 0) is 24.6 Å². The van der Waals surface area contributed by atoms with Crippen molar-refractivity contribution in [3.05, 3.63) is 24.3 Å². The van der Waals surface area contributed by atoms with E-state index >= 15 is 0 Å². The van der Waals surface area contributed by atoms with Gasteiger partial charge < -0.3 is 4.74 Å². The van der Waals surface area contributed by atoms with Crippen molar-refractivity contribution in [1.29, 1.82) is 0 Å². The summed E-state index contributed by atoms with van der Waals surface area (Å²) in [5.74, 6) is 0.232. The van der Waals surface area contributed by atoms with Gasteiger partial charge in [0, 0.05) is 11.6 Å². The first-order chi connectivity index (χ1) is 8.96. The minimum Gasteiger partial charge on any atom is -0.453 e. The quantitative estimate of drug-likeness (QED) is 0.789. The van der Waals surface area contributed by atoms with Gasteiger partial charge in [0.15, 0.2) is 0 Å². The highest BCUT2D eigenvalue weighted by Crippen LogP contribution is 2.16. The van der Waals surface area contributed by atoms with Crippen LogP contribution in [0.1, 0.15) is 6.42 Å². The number of hydrogen-bond acceptors (Lipinski definition) is 4. The van der Waals surface area contributed by atoms with E-state index in [2.05, 4.69) is 14.8 Å². The Morgan fingerprint density at radius 1 is 1.37 bits per heavy atom. The lowest BCUT2D eigenvalue weighted by atomic mass is 10.3. The van der Waals surface area contributed by atoms with E-state index in [1.807, 2.05) is 0 Å². The molecule has 0 fully saturated rings. The third kappa shape index (κ3) is 5.80. The maximum absolute atomic E-state index is 11.7. The molecule has 1 amide bonds. The summed E-state index contributed by atoms with van der Waals surface area (Å²) in [4.78, 5) is 11.0. The van der Waals surface area contributed by atoms with Gasteiger partial charge in [-0.1, -0.05) is 6.07 Å². The van der Waals surface area contributed by atoms with Crippen molar-refractivity contribution in [2.45, 2.75) is 6.42 Å². The van der Waals surface area contributed by atoms with Crippen molar-refractivity contribution >= 4 is 39.1 Å². The van der Waals surface area contributed by atoms with Crippen molar-refractivity contribution in [3.8, 4) is 0 Å². The molecule has 0 atom stereocenters. The lowest BCUT2D eigenvalue weighted by molar-refractivity contribution is 0.187. The van der Waals surface area contributed by atoms with Crippen LogP contribution in [0.25, 0.3) is 0 Å². The Bertz CT molecular complexity index is 533. The summed E-state index contributed by atoms with van der Waals surface area (Å²) < 4.78 is 30.2. The standard InChI is InChI=1S/C11H15ClN2O4S/c1-18-11(15)13-9-4-2-5-10(8-9)14-19(16,17)7-3-6-12/h2,4-5,8,14H,3,6-7H2,1H3,(H,13,15). The molecule has 1 aromatic carbocycles. The van der Waals surface area contributed by atoms with Gasteiger partial charge in [0.25, 0.3) is 0 Å². The molecule has 1 aromatic rings. The zero-order valence-electron chi connectivity index (χ0n) is 10.3. The number of hydrogen-bond donors (Lipinski definition) is 2. The Hall–Kier alpha value is -1.47. The number of carbonyl (C=O) groups is 1. The van der Waals surface area contributed by atoms with Crippen LogP contribution in [0.3, 0.4) is 0 Å². The Balaban J connectivity index is 2.74. The van der Waals surface area contributed by atoms with Crippen molar-refractivity contribution in [3.63, 3.8) is 0 Å². The Kier molecular flexibility index (Phi) is 5.91. The third-order valence-electron chi connectivity index (χ3n) is 2.11. The summed E-state index contributed by atoms with van der Waals surface area (Å²) in [5, 5.41) is 2.44. The molecule has 0 saturated carbocycles. The molecule has 6 nitrogen and oxygen atoms in total. The number of ether oxygens (including phenoxy) is 1. The first kappa shape index (κ1) is 15.6. The molecule has 0 aliphatic rings. The highest BCUT2D eigenvalue weighted by molar-refractivity contribution is 7.92. The lowest BCUT2D eigenvalue weighted by Crippen LogP contribution is -2.17. The normalized spacial score (nSPS) is 10.8. The average Bonchev–Trinajstić information content (AvgIpc) is 2.36. The number of carbonyl (C=O) groups excluding carboxylic acids is 1. The van der Waals surface area contributed by atoms with E-state index in [0.29, 0.717) is 17.8 Å². The van der Waals surface area contributed by atoms with E-state index in [1.54, 1.807) is 18.2 Å². The van der Waals surface area contributed by atoms with Gasteiger partial charge in [-0.3, -0.25) is 10.0 Å². The van der Waals surface area contributed by atoms with Crippen LogP contribution in [0.5, 0.6) is 0 Å². The van der Waals surface area contributed by atoms with Gasteiger partial charge in [-0.2, -0.15) is 0 Å². The molecule has 0 heterocycles. The van der Waals surface area contributed by atoms with Crippen LogP contribution in [0.2, 0.25) is 0 Å². The molecule has 0 spiro atoms. The second-order valence-corrected chi connectivity index (χ2v) is 5.88. The number of halogens is 1. The van der Waals surface area contributed by atoms with Gasteiger partial charge in [-0.15, -0.1) is 11.6 Å². The average molecular weight is 307 g/mol. The molecule has 0 aromatic heterocycles. The van der Waals surface area contributed by atoms with Gasteiger partial charge in [-0.25, -0.2) is 13.2 Å². The second kappa shape index (κ2) is 7.20. The minimum atomic E-state index is -3.43. The Labute approximate surface area is 117 Å². The number of sulfonamides is 1. The third-order valence-corrected chi connectivity index (χ3v) is 3.75. The SMILES string of the molecule is COC(=O)Nc1cccc(NS(=O)(=O)CCCCl)c1. The van der Waals surface area contributed by atoms with Crippen molar-refractivity contribution in [1.82, 2.24) is 0 Å². The zero-order valence-corrected chi connectivity index (χ0v) is 11.9. The van der Waals surface area contributed by atoms with Crippen molar-refractivity contribution in [2.24, 2.45) is 0 Å². The van der Waals surface area contributed by atoms with Crippen LogP contribution in [0.4, 0.5) is 16.2 Å². The summed E-state index contributed by atoms with van der Waals surface area (Å²) in [6.45, 7) is 0. The topological polar surface area (TPSA) is 84.5 Å². The van der Waals surface area contributed by atoms with E-state index in [1.165, 1.54) is 13.2 Å². The van der Waals surface area contributed by atoms with E-state index in [9.17, 15) is 13.2 Å². The molecule has 19 heavy (non-hydrogen) atoms. The monoisotopic (exact) mass is 306 g/mol. The molecule has 0 bridgehead atoms. The summed E-state index contributed by atoms with van der Waals surface area (Å²) in [5.41, 5.74) is 0.799. The Morgan fingerprint density at radius 3 is 2.68 bits per heavy atom. The number of rotatable bonds is 6. The fourth-order valence-electron chi connectivity index (χ4n) is 1.30. The fraction of sp³-hybridized carbons (Fsp3) is 0.364. The van der Waals surface area contributed by atoms with Gasteiger partial charge >= 0.3 is 6.09 Å². The van der Waals surface area contributed by atoms with Crippen LogP contribution in [-0.2, 0) is 14.8 Å². The molecule has 0 aliphatic carbocycles. The molecular weight excluding hydrogens is 292 g/mol. The van der Waals surface area contributed by atoms with Gasteiger partial charge in [0.1, 0.15) is 0 Å². The molecule has 0 aliphatic heterocycles. The van der Waals surface area contributed by atoms with E-state index in [4.69, 9.17) is 11.6 Å². The van der Waals surface area contributed by atoms with Crippen LogP contribution in [0, 0.1) is 0 Å². The lowest BCUT2D eigenvalue weighted by Gasteiger charge is -2.09. The maximum atomic E-state index is 11.7. The van der Waals surface area contributed by atoms with Crippen LogP contribution >= 0.6 is 11.6 Å². The minimum absolute atomic E-state index is 0.0504. The first-order valence-electron chi connectivity index (χ1n) is 5.48. The van der Waals surface area contributed by atoms with Crippen LogP contribution in [0.15, 0.2) is 24.3 Å². The number of benzene rings is 1. The molecule has 0 saturated heterocycles. The van der Waals surface area contributed by atoms with Crippen LogP contribution in [-0.4, -0.2) is 33.3 Å². The smallest absolute Gasteiger partial charge is 0.411 e. The van der Waals surface area contributed by atoms with Crippen LogP contribution < -0.4 is 10.0 Å². The molecule has 8 heteroatoms. The largest absolute Gasteiger partial charge is 0.453 e. The summed E-state index contributed by atoms with van der Waals surface area (Å²) >= 11 is 5.46. The molecule has 0 radical (unpaired) electrons. The summed E-state index contributed by atoms with van der Waals surface area (Å²) in [6.07, 6.45) is -0.251. The maximum Gasteiger partial charge on any atom is 0.411 e. The predicted molar refractivity (Wildman–Crippen MR) is 75.2 cm³/mol. The predicted octanol–water partition coefficient (Wildman–Crippen LogP) is 2.24. The van der Waals surface area contributed by atoms with E-state index < -0.39 is 16.1 Å². The molecule has 1 rings (SSSR count). The fourth-order valence-corrected chi connectivity index (χ4v) is 2.71. The van der Waals surface area contributed by atoms with E-state index in [-0.39, 0.29) is 11.6 Å². The molecule has 0 unspecified atom stereocenters. The molecular formula is C11H15ClN2O4S. The van der Waals surface area contributed by atoms with Gasteiger partial charge in [0.2, 0.25) is 10.0 Å². The number of nitrogens with one attached hydrogen (secondary N) is 2. The van der Waals surface area contributed by atoms with Gasteiger partial charge in [0.05, 0.1) is 18.6 Å². The number of amides is 1.